The van der Waals surface area contributed by atoms with Crippen molar-refractivity contribution in [2.45, 2.75) is 31.9 Å². The Kier molecular flexibility index (Phi) is 4.44. The van der Waals surface area contributed by atoms with Crippen LogP contribution in [0, 0.1) is 11.3 Å². The summed E-state index contributed by atoms with van der Waals surface area (Å²) in [6, 6.07) is 3.42. The lowest BCUT2D eigenvalue weighted by atomic mass is 10.0. The van der Waals surface area contributed by atoms with Gasteiger partial charge in [0.2, 0.25) is 0 Å². The second-order valence-corrected chi connectivity index (χ2v) is 5.67. The lowest BCUT2D eigenvalue weighted by molar-refractivity contribution is -0.137. The number of halogens is 3. The van der Waals surface area contributed by atoms with Gasteiger partial charge in [-0.05, 0) is 37.0 Å². The summed E-state index contributed by atoms with van der Waals surface area (Å²) in [5.74, 6) is 0.228. The van der Waals surface area contributed by atoms with Gasteiger partial charge < -0.3 is 10.6 Å². The topological polar surface area (TPSA) is 53.1 Å². The number of hydrogen-bond donors (Lipinski definition) is 2. The molecule has 0 saturated heterocycles. The Bertz CT molecular complexity index is 519. The number of nitrogens with two attached hydrogens (primary N) is 1. The first-order valence-electron chi connectivity index (χ1n) is 7.06. The fourth-order valence-electron chi connectivity index (χ4n) is 2.94. The average molecular weight is 299 g/mol. The highest BCUT2D eigenvalue weighted by Crippen LogP contribution is 2.33. The van der Waals surface area contributed by atoms with Crippen molar-refractivity contribution < 1.29 is 13.2 Å². The van der Waals surface area contributed by atoms with Gasteiger partial charge in [-0.25, -0.2) is 0 Å². The third-order valence-electron chi connectivity index (χ3n) is 4.03. The molecule has 1 aromatic carbocycles. The molecule has 0 amide bonds. The van der Waals surface area contributed by atoms with E-state index in [9.17, 15) is 13.2 Å². The lowest BCUT2D eigenvalue weighted by Crippen LogP contribution is -2.27. The number of benzene rings is 1. The van der Waals surface area contributed by atoms with E-state index in [1.165, 1.54) is 18.9 Å². The van der Waals surface area contributed by atoms with Gasteiger partial charge >= 0.3 is 6.18 Å². The third kappa shape index (κ3) is 3.68. The van der Waals surface area contributed by atoms with Crippen molar-refractivity contribution in [2.24, 2.45) is 11.7 Å². The number of amidine groups is 1. The summed E-state index contributed by atoms with van der Waals surface area (Å²) >= 11 is 0. The summed E-state index contributed by atoms with van der Waals surface area (Å²) in [6.45, 7) is 0.783. The summed E-state index contributed by atoms with van der Waals surface area (Å²) < 4.78 is 38.3. The Labute approximate surface area is 122 Å². The first-order valence-corrected chi connectivity index (χ1v) is 7.06. The molecule has 1 aromatic rings. The maximum atomic E-state index is 12.8. The number of nitrogen functional groups attached to an aromatic ring is 1. The van der Waals surface area contributed by atoms with Crippen molar-refractivity contribution in [3.05, 3.63) is 29.3 Å². The molecule has 0 spiro atoms. The van der Waals surface area contributed by atoms with E-state index in [1.807, 2.05) is 11.9 Å². The van der Waals surface area contributed by atoms with E-state index in [-0.39, 0.29) is 11.4 Å². The Morgan fingerprint density at radius 2 is 1.95 bits per heavy atom. The number of alkyl halides is 3. The fraction of sp³-hybridized carbons (Fsp3) is 0.533. The quantitative estimate of drug-likeness (QED) is 0.659. The second-order valence-electron chi connectivity index (χ2n) is 5.67. The van der Waals surface area contributed by atoms with E-state index in [4.69, 9.17) is 11.1 Å². The zero-order chi connectivity index (χ0) is 15.6. The number of anilines is 1. The van der Waals surface area contributed by atoms with Crippen molar-refractivity contribution in [1.82, 2.24) is 0 Å². The predicted molar refractivity (Wildman–Crippen MR) is 77.7 cm³/mol. The molecule has 0 bridgehead atoms. The monoisotopic (exact) mass is 299 g/mol. The van der Waals surface area contributed by atoms with Crippen LogP contribution in [-0.2, 0) is 6.18 Å². The summed E-state index contributed by atoms with van der Waals surface area (Å²) in [5, 5.41) is 7.54. The summed E-state index contributed by atoms with van der Waals surface area (Å²) in [5.41, 5.74) is 5.42. The van der Waals surface area contributed by atoms with Crippen LogP contribution in [0.25, 0.3) is 0 Å². The third-order valence-corrected chi connectivity index (χ3v) is 4.03. The maximum absolute atomic E-state index is 12.8. The van der Waals surface area contributed by atoms with Gasteiger partial charge in [0.1, 0.15) is 5.84 Å². The highest BCUT2D eigenvalue weighted by atomic mass is 19.4. The van der Waals surface area contributed by atoms with Gasteiger partial charge in [0.05, 0.1) is 5.56 Å². The molecule has 0 radical (unpaired) electrons. The number of hydrogen-bond acceptors (Lipinski definition) is 2. The number of rotatable bonds is 4. The Balaban J connectivity index is 2.27. The highest BCUT2D eigenvalue weighted by molar-refractivity contribution is 6.00. The molecule has 0 aromatic heterocycles. The maximum Gasteiger partial charge on any atom is 0.416 e. The molecule has 3 nitrogen and oxygen atoms in total. The van der Waals surface area contributed by atoms with Crippen LogP contribution in [0.5, 0.6) is 0 Å². The molecule has 1 aliphatic rings. The molecule has 116 valence electrons. The van der Waals surface area contributed by atoms with Gasteiger partial charge in [-0.3, -0.25) is 5.41 Å². The summed E-state index contributed by atoms with van der Waals surface area (Å²) in [7, 11) is 1.84. The first-order chi connectivity index (χ1) is 9.79. The molecule has 1 saturated carbocycles. The predicted octanol–water partition coefficient (Wildman–Crippen LogP) is 3.62. The van der Waals surface area contributed by atoms with Gasteiger partial charge in [-0.1, -0.05) is 12.8 Å². The van der Waals surface area contributed by atoms with Crippen LogP contribution in [0.2, 0.25) is 0 Å². The molecule has 2 rings (SSSR count). The van der Waals surface area contributed by atoms with Crippen molar-refractivity contribution in [3.63, 3.8) is 0 Å². The molecular weight excluding hydrogens is 279 g/mol. The van der Waals surface area contributed by atoms with E-state index in [0.717, 1.165) is 31.5 Å². The van der Waals surface area contributed by atoms with E-state index in [1.54, 1.807) is 0 Å². The van der Waals surface area contributed by atoms with Crippen LogP contribution >= 0.6 is 0 Å². The highest BCUT2D eigenvalue weighted by Gasteiger charge is 2.31. The molecule has 1 aliphatic carbocycles. The van der Waals surface area contributed by atoms with Gasteiger partial charge in [-0.15, -0.1) is 0 Å². The van der Waals surface area contributed by atoms with Crippen molar-refractivity contribution >= 4 is 11.5 Å². The van der Waals surface area contributed by atoms with Crippen LogP contribution < -0.4 is 10.6 Å². The molecule has 0 aliphatic heterocycles. The summed E-state index contributed by atoms with van der Waals surface area (Å²) in [4.78, 5) is 1.91. The zero-order valence-electron chi connectivity index (χ0n) is 12.0. The van der Waals surface area contributed by atoms with Crippen molar-refractivity contribution in [3.8, 4) is 0 Å². The molecule has 0 unspecified atom stereocenters. The normalized spacial score (nSPS) is 16.2. The lowest BCUT2D eigenvalue weighted by Gasteiger charge is -2.26. The molecule has 6 heteroatoms. The average Bonchev–Trinajstić information content (AvgIpc) is 2.89. The van der Waals surface area contributed by atoms with Crippen molar-refractivity contribution in [1.29, 1.82) is 5.41 Å². The van der Waals surface area contributed by atoms with E-state index < -0.39 is 11.7 Å². The van der Waals surface area contributed by atoms with Gasteiger partial charge in [-0.2, -0.15) is 13.2 Å². The molecule has 3 N–H and O–H groups in total. The summed E-state index contributed by atoms with van der Waals surface area (Å²) in [6.07, 6.45) is 0.309. The van der Waals surface area contributed by atoms with E-state index in [2.05, 4.69) is 0 Å². The molecule has 0 atom stereocenters. The fourth-order valence-corrected chi connectivity index (χ4v) is 2.94. The standard InChI is InChI=1S/C15H20F3N3/c1-21(9-10-4-2-3-5-10)13-7-6-11(15(16,17)18)8-12(13)14(19)20/h6-8,10H,2-5,9H2,1H3,(H3,19,20). The first kappa shape index (κ1) is 15.7. The molecule has 0 heterocycles. The van der Waals surface area contributed by atoms with E-state index in [0.29, 0.717) is 11.6 Å². The van der Waals surface area contributed by atoms with Crippen LogP contribution in [0.15, 0.2) is 18.2 Å². The Morgan fingerprint density at radius 1 is 1.33 bits per heavy atom. The van der Waals surface area contributed by atoms with Crippen molar-refractivity contribution in [2.75, 3.05) is 18.5 Å². The van der Waals surface area contributed by atoms with Gasteiger partial charge in [0.15, 0.2) is 0 Å². The minimum Gasteiger partial charge on any atom is -0.384 e. The minimum atomic E-state index is -4.42. The Morgan fingerprint density at radius 3 is 2.48 bits per heavy atom. The smallest absolute Gasteiger partial charge is 0.384 e. The zero-order valence-corrected chi connectivity index (χ0v) is 12.0. The number of nitrogens with one attached hydrogen (secondary N) is 1. The minimum absolute atomic E-state index is 0.144. The molecule has 21 heavy (non-hydrogen) atoms. The van der Waals surface area contributed by atoms with Crippen LogP contribution in [-0.4, -0.2) is 19.4 Å². The van der Waals surface area contributed by atoms with E-state index >= 15 is 0 Å². The van der Waals surface area contributed by atoms with Crippen LogP contribution in [0.4, 0.5) is 18.9 Å². The van der Waals surface area contributed by atoms with Gasteiger partial charge in [0.25, 0.3) is 0 Å². The number of nitrogens with zero attached hydrogens (tertiary/aromatic N) is 1. The molecular formula is C15H20F3N3. The SMILES string of the molecule is CN(CC1CCCC1)c1ccc(C(F)(F)F)cc1C(=N)N. The van der Waals surface area contributed by atoms with Crippen LogP contribution in [0.3, 0.4) is 0 Å². The second kappa shape index (κ2) is 5.95. The van der Waals surface area contributed by atoms with Gasteiger partial charge in [0, 0.05) is 24.8 Å². The van der Waals surface area contributed by atoms with Crippen LogP contribution in [0.1, 0.15) is 36.8 Å². The largest absolute Gasteiger partial charge is 0.416 e. The Hall–Kier alpha value is -1.72. The molecule has 1 fully saturated rings.